The Morgan fingerprint density at radius 2 is 0.686 bits per heavy atom. The largest absolute Gasteiger partial charge is 0.495 e. The highest BCUT2D eigenvalue weighted by molar-refractivity contribution is 9.09. The molecule has 10 N–H and O–H groups in total. The van der Waals surface area contributed by atoms with Crippen LogP contribution in [0.1, 0.15) is 58.2 Å². The number of ether oxygens (including phenoxy) is 9. The summed E-state index contributed by atoms with van der Waals surface area (Å²) in [6, 6.07) is 37.9. The topological polar surface area (TPSA) is 314 Å². The van der Waals surface area contributed by atoms with Crippen molar-refractivity contribution in [1.29, 1.82) is 0 Å². The molecule has 6 rings (SSSR count). The van der Waals surface area contributed by atoms with Crippen molar-refractivity contribution in [3.8, 4) is 51.7 Å². The van der Waals surface area contributed by atoms with E-state index in [1.54, 1.807) is 36.4 Å². The van der Waals surface area contributed by atoms with Crippen LogP contribution in [0, 0.1) is 0 Å². The predicted octanol–water partition coefficient (Wildman–Crippen LogP) is 8.19. The Bertz CT molecular complexity index is 3150. The molecule has 0 aliphatic heterocycles. The number of primary sulfonamides is 3. The van der Waals surface area contributed by atoms with Crippen LogP contribution in [0.3, 0.4) is 0 Å². The van der Waals surface area contributed by atoms with Gasteiger partial charge in [0.1, 0.15) is 45.1 Å². The summed E-state index contributed by atoms with van der Waals surface area (Å²) >= 11 is 3.30. The van der Waals surface area contributed by atoms with E-state index in [-0.39, 0.29) is 62.5 Å². The van der Waals surface area contributed by atoms with Crippen LogP contribution in [-0.4, -0.2) is 123 Å². The Balaban J connectivity index is 0.000000408. The summed E-state index contributed by atoms with van der Waals surface area (Å²) in [6.45, 7) is 16.4. The van der Waals surface area contributed by atoms with Crippen LogP contribution in [0.4, 0.5) is 0 Å². The molecule has 0 heterocycles. The first-order valence-electron chi connectivity index (χ1n) is 27.3. The Morgan fingerprint density at radius 1 is 0.419 bits per heavy atom. The lowest BCUT2D eigenvalue weighted by molar-refractivity contribution is 0.272. The molecular weight excluding hydrogens is 1260 g/mol. The summed E-state index contributed by atoms with van der Waals surface area (Å²) in [5.74, 6) is 5.24. The number of nitrogens with two attached hydrogens (primary N) is 4. The molecular formula is C60H86BrClN6O15S3. The fourth-order valence-electron chi connectivity index (χ4n) is 8.05. The third-order valence-electron chi connectivity index (χ3n) is 11.7. The van der Waals surface area contributed by atoms with E-state index in [9.17, 15) is 25.3 Å². The zero-order valence-electron chi connectivity index (χ0n) is 50.3. The van der Waals surface area contributed by atoms with Gasteiger partial charge < -0.3 is 59.0 Å². The van der Waals surface area contributed by atoms with Crippen molar-refractivity contribution >= 4 is 58.4 Å². The zero-order valence-corrected chi connectivity index (χ0v) is 55.1. The number of rotatable bonds is 31. The fourth-order valence-corrected chi connectivity index (χ4v) is 10.5. The second-order valence-electron chi connectivity index (χ2n) is 18.8. The Hall–Kier alpha value is -6.10. The Labute approximate surface area is 523 Å². The lowest BCUT2D eigenvalue weighted by Gasteiger charge is -2.16. The minimum absolute atomic E-state index is 0. The first-order valence-corrected chi connectivity index (χ1v) is 33.1. The fraction of sp³-hybridized carbons (Fsp3) is 0.400. The van der Waals surface area contributed by atoms with E-state index in [0.29, 0.717) is 83.5 Å². The molecule has 478 valence electrons. The number of sulfonamides is 3. The smallest absolute Gasteiger partial charge is 0.241 e. The van der Waals surface area contributed by atoms with Gasteiger partial charge in [-0.2, -0.15) is 0 Å². The molecule has 86 heavy (non-hydrogen) atoms. The van der Waals surface area contributed by atoms with Crippen LogP contribution in [0.5, 0.6) is 51.7 Å². The van der Waals surface area contributed by atoms with Gasteiger partial charge in [0.2, 0.25) is 30.1 Å². The van der Waals surface area contributed by atoms with E-state index >= 15 is 0 Å². The van der Waals surface area contributed by atoms with Gasteiger partial charge >= 0.3 is 0 Å². The molecule has 3 atom stereocenters. The van der Waals surface area contributed by atoms with Crippen LogP contribution in [0.2, 0.25) is 0 Å². The molecule has 0 amide bonds. The minimum atomic E-state index is -3.84. The van der Waals surface area contributed by atoms with Gasteiger partial charge in [0, 0.05) is 36.5 Å². The lowest BCUT2D eigenvalue weighted by atomic mass is 10.1. The predicted molar refractivity (Wildman–Crippen MR) is 343 cm³/mol. The Morgan fingerprint density at radius 3 is 0.930 bits per heavy atom. The molecule has 0 aromatic heterocycles. The SMILES string of the molecule is CCOc1ccccc1OCCBr.CCOc1ccccc1OCCN[C@H](C)Cc1ccc(OC)c(S(N)(=O)=O)c1.CCOc1ccccc1OCCN[C@H](C)Cc1ccc(OC)c(S(N)(=O)=O)c1.COc1ccc(C[C@@H](C)N)cc1S(N)(=O)=O.Cl. The van der Waals surface area contributed by atoms with Crippen LogP contribution < -0.4 is 74.4 Å². The highest BCUT2D eigenvalue weighted by Crippen LogP contribution is 2.30. The minimum Gasteiger partial charge on any atom is -0.495 e. The summed E-state index contributed by atoms with van der Waals surface area (Å²) in [7, 11) is -7.23. The number of methoxy groups -OCH3 is 3. The second-order valence-corrected chi connectivity index (χ2v) is 24.1. The molecule has 0 spiro atoms. The summed E-state index contributed by atoms with van der Waals surface area (Å²) < 4.78 is 118. The molecule has 6 aromatic carbocycles. The summed E-state index contributed by atoms with van der Waals surface area (Å²) in [5, 5.41) is 23.2. The van der Waals surface area contributed by atoms with Crippen molar-refractivity contribution in [2.75, 3.05) is 79.4 Å². The lowest BCUT2D eigenvalue weighted by Crippen LogP contribution is -2.32. The van der Waals surface area contributed by atoms with Crippen molar-refractivity contribution in [1.82, 2.24) is 10.6 Å². The average molecular weight is 1340 g/mol. The van der Waals surface area contributed by atoms with Gasteiger partial charge in [-0.3, -0.25) is 0 Å². The van der Waals surface area contributed by atoms with E-state index in [2.05, 4.69) is 26.6 Å². The van der Waals surface area contributed by atoms with Crippen molar-refractivity contribution in [2.45, 2.75) is 93.6 Å². The van der Waals surface area contributed by atoms with Crippen molar-refractivity contribution < 1.29 is 67.9 Å². The van der Waals surface area contributed by atoms with Gasteiger partial charge in [-0.05, 0) is 150 Å². The molecule has 0 saturated carbocycles. The third-order valence-corrected chi connectivity index (χ3v) is 14.9. The number of nitrogens with one attached hydrogen (secondary N) is 2. The maximum absolute atomic E-state index is 11.7. The van der Waals surface area contributed by atoms with Gasteiger partial charge in [0.25, 0.3) is 0 Å². The van der Waals surface area contributed by atoms with Crippen molar-refractivity contribution in [3.05, 3.63) is 144 Å². The summed E-state index contributed by atoms with van der Waals surface area (Å²) in [5.41, 5.74) is 8.17. The molecule has 0 aliphatic carbocycles. The number of halogens is 2. The molecule has 6 aromatic rings. The van der Waals surface area contributed by atoms with Crippen molar-refractivity contribution in [3.63, 3.8) is 0 Å². The molecule has 0 saturated heterocycles. The molecule has 0 bridgehead atoms. The van der Waals surface area contributed by atoms with Crippen LogP contribution in [-0.2, 0) is 49.3 Å². The third kappa shape index (κ3) is 27.7. The summed E-state index contributed by atoms with van der Waals surface area (Å²) in [4.78, 5) is -0.0146. The molecule has 0 unspecified atom stereocenters. The van der Waals surface area contributed by atoms with Gasteiger partial charge in [0.05, 0.1) is 47.8 Å². The number of hydrogen-bond acceptors (Lipinski definition) is 18. The van der Waals surface area contributed by atoms with Crippen LogP contribution in [0.15, 0.2) is 142 Å². The average Bonchev–Trinajstić information content (AvgIpc) is 3.18. The monoisotopic (exact) mass is 1340 g/mol. The molecule has 26 heteroatoms. The van der Waals surface area contributed by atoms with E-state index in [4.69, 9.17) is 63.8 Å². The van der Waals surface area contributed by atoms with Gasteiger partial charge in [-0.1, -0.05) is 70.5 Å². The number of benzene rings is 6. The first-order chi connectivity index (χ1) is 40.4. The van der Waals surface area contributed by atoms with Gasteiger partial charge in [0.15, 0.2) is 34.5 Å². The molecule has 0 fully saturated rings. The van der Waals surface area contributed by atoms with Crippen LogP contribution in [0.25, 0.3) is 0 Å². The molecule has 21 nitrogen and oxygen atoms in total. The van der Waals surface area contributed by atoms with Crippen molar-refractivity contribution in [2.24, 2.45) is 21.2 Å². The van der Waals surface area contributed by atoms with E-state index in [0.717, 1.165) is 45.0 Å². The Kier molecular flexibility index (Phi) is 35.0. The maximum atomic E-state index is 11.7. The second kappa shape index (κ2) is 39.6. The number of hydrogen-bond donors (Lipinski definition) is 6. The zero-order chi connectivity index (χ0) is 63.0. The van der Waals surface area contributed by atoms with Gasteiger partial charge in [-0.25, -0.2) is 40.7 Å². The first kappa shape index (κ1) is 76.0. The highest BCUT2D eigenvalue weighted by Gasteiger charge is 2.19. The van der Waals surface area contributed by atoms with E-state index in [1.807, 2.05) is 126 Å². The highest BCUT2D eigenvalue weighted by atomic mass is 79.9. The number of para-hydroxylation sites is 6. The van der Waals surface area contributed by atoms with E-state index < -0.39 is 30.1 Å². The normalized spacial score (nSPS) is 12.1. The maximum Gasteiger partial charge on any atom is 0.241 e. The van der Waals surface area contributed by atoms with Crippen LogP contribution >= 0.6 is 28.3 Å². The quantitative estimate of drug-likeness (QED) is 0.0176. The number of alkyl halides is 1. The van der Waals surface area contributed by atoms with E-state index in [1.165, 1.54) is 27.4 Å². The molecule has 0 aliphatic rings. The summed E-state index contributed by atoms with van der Waals surface area (Å²) in [6.07, 6.45) is 1.87. The van der Waals surface area contributed by atoms with Gasteiger partial charge in [-0.15, -0.1) is 12.4 Å². The molecule has 0 radical (unpaired) electrons. The standard InChI is InChI=1S/2C20H28N2O5S.C10H13BrO2.C10H16N2O3S.ClH/c2*1-4-26-17-7-5-6-8-18(17)27-12-11-22-15(2)13-16-9-10-19(25-3)20(14-16)28(21,23)24;1-2-12-9-5-3-4-6-10(9)13-8-7-11;1-7(11)5-8-3-4-9(15-2)10(6-8)16(12,13)14;/h2*5-10,14-15,22H,4,11-13H2,1-3H3,(H2,21,23,24);3-6H,2,7-8H2,1H3;3-4,6-7H,5,11H2,1-2H3,(H2,12,13,14);1H/t2*15-;;7-;/m11.1./s1.